The summed E-state index contributed by atoms with van der Waals surface area (Å²) >= 11 is 1.71. The van der Waals surface area contributed by atoms with Crippen LogP contribution in [0.4, 0.5) is 18.9 Å². The Morgan fingerprint density at radius 2 is 1.87 bits per heavy atom. The first-order chi connectivity index (χ1) is 10.5. The average Bonchev–Trinajstić information content (AvgIpc) is 2.44. The van der Waals surface area contributed by atoms with E-state index in [-0.39, 0.29) is 22.9 Å². The van der Waals surface area contributed by atoms with Gasteiger partial charge in [0.25, 0.3) is 0 Å². The summed E-state index contributed by atoms with van der Waals surface area (Å²) in [7, 11) is 0. The Morgan fingerprint density at radius 1 is 1.26 bits per heavy atom. The maximum Gasteiger partial charge on any atom is 0.418 e. The van der Waals surface area contributed by atoms with E-state index in [1.807, 2.05) is 13.2 Å². The largest absolute Gasteiger partial charge is 0.418 e. The number of halogens is 3. The number of amides is 1. The molecule has 0 bridgehead atoms. The van der Waals surface area contributed by atoms with Gasteiger partial charge in [-0.2, -0.15) is 24.9 Å². The molecule has 0 fully saturated rings. The molecule has 130 valence electrons. The van der Waals surface area contributed by atoms with Crippen molar-refractivity contribution in [2.45, 2.75) is 44.2 Å². The molecular weight excluding hydrogens is 325 g/mol. The second kappa shape index (κ2) is 8.06. The van der Waals surface area contributed by atoms with Crippen molar-refractivity contribution in [3.8, 4) is 0 Å². The van der Waals surface area contributed by atoms with E-state index in [2.05, 4.69) is 24.5 Å². The third kappa shape index (κ3) is 6.83. The van der Waals surface area contributed by atoms with E-state index in [0.717, 1.165) is 6.07 Å². The second-order valence-corrected chi connectivity index (χ2v) is 7.55. The third-order valence-electron chi connectivity index (χ3n) is 3.43. The molecule has 0 aliphatic carbocycles. The van der Waals surface area contributed by atoms with Gasteiger partial charge in [0.05, 0.1) is 11.3 Å². The van der Waals surface area contributed by atoms with Crippen molar-refractivity contribution in [3.05, 3.63) is 29.8 Å². The molecule has 0 aliphatic rings. The Hall–Kier alpha value is -1.21. The van der Waals surface area contributed by atoms with Gasteiger partial charge >= 0.3 is 6.18 Å². The molecule has 1 unspecified atom stereocenters. The van der Waals surface area contributed by atoms with E-state index in [1.54, 1.807) is 11.8 Å². The zero-order valence-electron chi connectivity index (χ0n) is 13.8. The molecule has 23 heavy (non-hydrogen) atoms. The number of carbonyl (C=O) groups is 1. The van der Waals surface area contributed by atoms with Crippen molar-refractivity contribution in [1.29, 1.82) is 0 Å². The van der Waals surface area contributed by atoms with Crippen LogP contribution in [0.2, 0.25) is 0 Å². The van der Waals surface area contributed by atoms with Crippen LogP contribution in [-0.4, -0.2) is 29.5 Å². The Bertz CT molecular complexity index is 532. The van der Waals surface area contributed by atoms with Crippen LogP contribution in [0.3, 0.4) is 0 Å². The highest BCUT2D eigenvalue weighted by Gasteiger charge is 2.33. The quantitative estimate of drug-likeness (QED) is 0.778. The van der Waals surface area contributed by atoms with Crippen molar-refractivity contribution in [2.24, 2.45) is 0 Å². The Kier molecular flexibility index (Phi) is 6.95. The number of hydrogen-bond donors (Lipinski definition) is 2. The van der Waals surface area contributed by atoms with Crippen LogP contribution in [0.5, 0.6) is 0 Å². The van der Waals surface area contributed by atoms with Gasteiger partial charge in [-0.3, -0.25) is 4.79 Å². The van der Waals surface area contributed by atoms with E-state index < -0.39 is 17.6 Å². The molecule has 1 atom stereocenters. The van der Waals surface area contributed by atoms with Crippen molar-refractivity contribution in [2.75, 3.05) is 18.1 Å². The number of benzene rings is 1. The minimum absolute atomic E-state index is 0.0353. The predicted molar refractivity (Wildman–Crippen MR) is 89.7 cm³/mol. The highest BCUT2D eigenvalue weighted by Crippen LogP contribution is 2.34. The zero-order chi connectivity index (χ0) is 17.7. The van der Waals surface area contributed by atoms with Crippen molar-refractivity contribution in [3.63, 3.8) is 0 Å². The molecule has 0 heterocycles. The third-order valence-corrected chi connectivity index (χ3v) is 4.68. The minimum atomic E-state index is -4.49. The zero-order valence-corrected chi connectivity index (χ0v) is 14.6. The van der Waals surface area contributed by atoms with Gasteiger partial charge in [-0.05, 0) is 39.2 Å². The topological polar surface area (TPSA) is 41.1 Å². The summed E-state index contributed by atoms with van der Waals surface area (Å²) < 4.78 is 38.7. The van der Waals surface area contributed by atoms with Crippen molar-refractivity contribution in [1.82, 2.24) is 5.32 Å². The molecule has 1 rings (SSSR count). The number of alkyl halides is 3. The van der Waals surface area contributed by atoms with E-state index in [9.17, 15) is 18.0 Å². The molecule has 0 aromatic heterocycles. The lowest BCUT2D eigenvalue weighted by Gasteiger charge is -2.25. The van der Waals surface area contributed by atoms with Crippen molar-refractivity contribution >= 4 is 23.4 Å². The van der Waals surface area contributed by atoms with Gasteiger partial charge in [0.1, 0.15) is 0 Å². The lowest BCUT2D eigenvalue weighted by Crippen LogP contribution is -2.39. The molecule has 1 amide bonds. The maximum absolute atomic E-state index is 12.9. The lowest BCUT2D eigenvalue weighted by atomic mass is 10.1. The summed E-state index contributed by atoms with van der Waals surface area (Å²) in [6.07, 6.45) is -2.38. The van der Waals surface area contributed by atoms with Crippen molar-refractivity contribution < 1.29 is 18.0 Å². The summed E-state index contributed by atoms with van der Waals surface area (Å²) in [6, 6.07) is 4.86. The fourth-order valence-electron chi connectivity index (χ4n) is 1.88. The second-order valence-electron chi connectivity index (χ2n) is 6.04. The lowest BCUT2D eigenvalue weighted by molar-refractivity contribution is -0.137. The van der Waals surface area contributed by atoms with Gasteiger partial charge in [-0.1, -0.05) is 12.1 Å². The van der Waals surface area contributed by atoms with Gasteiger partial charge < -0.3 is 10.6 Å². The minimum Gasteiger partial charge on any atom is -0.325 e. The SMILES string of the molecule is CSC(C)(C)CNC(C)CC(=O)Nc1ccccc1C(F)(F)F. The van der Waals surface area contributed by atoms with Crippen LogP contribution in [0.15, 0.2) is 24.3 Å². The molecule has 0 saturated heterocycles. The number of nitrogens with one attached hydrogen (secondary N) is 2. The summed E-state index contributed by atoms with van der Waals surface area (Å²) in [5.74, 6) is -0.441. The van der Waals surface area contributed by atoms with E-state index in [4.69, 9.17) is 0 Å². The molecule has 1 aromatic rings. The van der Waals surface area contributed by atoms with Crippen LogP contribution < -0.4 is 10.6 Å². The van der Waals surface area contributed by atoms with E-state index in [1.165, 1.54) is 18.2 Å². The Balaban J connectivity index is 2.61. The Labute approximate surface area is 139 Å². The average molecular weight is 348 g/mol. The summed E-state index contributed by atoms with van der Waals surface area (Å²) in [4.78, 5) is 12.0. The molecule has 2 N–H and O–H groups in total. The van der Waals surface area contributed by atoms with Gasteiger partial charge in [0, 0.05) is 23.8 Å². The Morgan fingerprint density at radius 3 is 2.43 bits per heavy atom. The van der Waals surface area contributed by atoms with Gasteiger partial charge in [0.15, 0.2) is 0 Å². The van der Waals surface area contributed by atoms with Crippen LogP contribution in [0.25, 0.3) is 0 Å². The highest BCUT2D eigenvalue weighted by atomic mass is 32.2. The predicted octanol–water partition coefficient (Wildman–Crippen LogP) is 4.15. The summed E-state index contributed by atoms with van der Waals surface area (Å²) in [5, 5.41) is 5.59. The first-order valence-corrected chi connectivity index (χ1v) is 8.52. The molecular formula is C16H23F3N2OS. The fraction of sp³-hybridized carbons (Fsp3) is 0.562. The monoisotopic (exact) mass is 348 g/mol. The summed E-state index contributed by atoms with van der Waals surface area (Å²) in [6.45, 7) is 6.71. The maximum atomic E-state index is 12.9. The van der Waals surface area contributed by atoms with E-state index >= 15 is 0 Å². The van der Waals surface area contributed by atoms with Crippen LogP contribution in [0, 0.1) is 0 Å². The molecule has 0 spiro atoms. The number of anilines is 1. The van der Waals surface area contributed by atoms with Gasteiger partial charge in [-0.25, -0.2) is 0 Å². The molecule has 0 radical (unpaired) electrons. The number of para-hydroxylation sites is 1. The fourth-order valence-corrected chi connectivity index (χ4v) is 2.11. The smallest absolute Gasteiger partial charge is 0.325 e. The number of carbonyl (C=O) groups excluding carboxylic acids is 1. The van der Waals surface area contributed by atoms with Crippen LogP contribution in [-0.2, 0) is 11.0 Å². The van der Waals surface area contributed by atoms with Gasteiger partial charge in [0.2, 0.25) is 5.91 Å². The number of hydrogen-bond acceptors (Lipinski definition) is 3. The van der Waals surface area contributed by atoms with E-state index in [0.29, 0.717) is 6.54 Å². The highest BCUT2D eigenvalue weighted by molar-refractivity contribution is 7.99. The molecule has 1 aromatic carbocycles. The number of rotatable bonds is 7. The molecule has 7 heteroatoms. The first kappa shape index (κ1) is 19.8. The number of thioether (sulfide) groups is 1. The molecule has 0 aliphatic heterocycles. The molecule has 0 saturated carbocycles. The van der Waals surface area contributed by atoms with Crippen LogP contribution in [0.1, 0.15) is 32.8 Å². The first-order valence-electron chi connectivity index (χ1n) is 7.30. The molecule has 3 nitrogen and oxygen atoms in total. The van der Waals surface area contributed by atoms with Crippen LogP contribution >= 0.6 is 11.8 Å². The normalized spacial score (nSPS) is 13.7. The van der Waals surface area contributed by atoms with Gasteiger partial charge in [-0.15, -0.1) is 0 Å². The summed E-state index contributed by atoms with van der Waals surface area (Å²) in [5.41, 5.74) is -1.04. The standard InChI is InChI=1S/C16H23F3N2OS/c1-11(20-10-15(2,3)23-4)9-14(22)21-13-8-6-5-7-12(13)16(17,18)19/h5-8,11,20H,9-10H2,1-4H3,(H,21,22).